The summed E-state index contributed by atoms with van der Waals surface area (Å²) in [6, 6.07) is 22.2. The highest BCUT2D eigenvalue weighted by atomic mass is 16.2. The van der Waals surface area contributed by atoms with Crippen molar-refractivity contribution in [3.8, 4) is 5.69 Å². The number of anilines is 1. The molecular formula is C21H21N3O. The van der Waals surface area contributed by atoms with Crippen LogP contribution in [0.1, 0.15) is 10.4 Å². The third kappa shape index (κ3) is 3.29. The summed E-state index contributed by atoms with van der Waals surface area (Å²) < 4.78 is 2.02. The Balaban J connectivity index is 1.45. The van der Waals surface area contributed by atoms with Gasteiger partial charge in [0.15, 0.2) is 0 Å². The lowest BCUT2D eigenvalue weighted by atomic mass is 10.1. The van der Waals surface area contributed by atoms with Crippen LogP contribution >= 0.6 is 0 Å². The lowest BCUT2D eigenvalue weighted by Gasteiger charge is -2.36. The van der Waals surface area contributed by atoms with Crippen LogP contribution < -0.4 is 4.90 Å². The minimum atomic E-state index is 0.113. The maximum atomic E-state index is 12.9. The van der Waals surface area contributed by atoms with Crippen LogP contribution in [0.4, 0.5) is 5.69 Å². The van der Waals surface area contributed by atoms with Crippen molar-refractivity contribution < 1.29 is 4.79 Å². The van der Waals surface area contributed by atoms with E-state index in [0.29, 0.717) is 0 Å². The Morgan fingerprint density at radius 3 is 2.12 bits per heavy atom. The summed E-state index contributed by atoms with van der Waals surface area (Å²) in [5.74, 6) is 0.113. The Bertz CT molecular complexity index is 835. The minimum absolute atomic E-state index is 0.113. The number of amides is 1. The molecule has 25 heavy (non-hydrogen) atoms. The quantitative estimate of drug-likeness (QED) is 0.735. The summed E-state index contributed by atoms with van der Waals surface area (Å²) in [5.41, 5.74) is 2.99. The molecule has 0 N–H and O–H groups in total. The topological polar surface area (TPSA) is 28.5 Å². The molecule has 1 saturated heterocycles. The van der Waals surface area contributed by atoms with E-state index < -0.39 is 0 Å². The summed E-state index contributed by atoms with van der Waals surface area (Å²) in [4.78, 5) is 17.1. The number of aromatic nitrogens is 1. The Morgan fingerprint density at radius 1 is 0.720 bits per heavy atom. The van der Waals surface area contributed by atoms with E-state index in [0.717, 1.165) is 37.4 Å². The van der Waals surface area contributed by atoms with Gasteiger partial charge in [0, 0.05) is 55.5 Å². The lowest BCUT2D eigenvalue weighted by Crippen LogP contribution is -2.48. The van der Waals surface area contributed by atoms with Crippen LogP contribution in [0.25, 0.3) is 5.69 Å². The van der Waals surface area contributed by atoms with E-state index in [1.165, 1.54) is 5.69 Å². The zero-order valence-corrected chi connectivity index (χ0v) is 14.1. The Morgan fingerprint density at radius 2 is 1.40 bits per heavy atom. The van der Waals surface area contributed by atoms with E-state index in [2.05, 4.69) is 29.2 Å². The third-order valence-corrected chi connectivity index (χ3v) is 4.68. The van der Waals surface area contributed by atoms with Gasteiger partial charge in [-0.05, 0) is 42.5 Å². The molecular weight excluding hydrogens is 310 g/mol. The fourth-order valence-electron chi connectivity index (χ4n) is 3.30. The summed E-state index contributed by atoms with van der Waals surface area (Å²) in [6.45, 7) is 3.24. The fourth-order valence-corrected chi connectivity index (χ4v) is 3.30. The van der Waals surface area contributed by atoms with Crippen molar-refractivity contribution in [3.05, 3.63) is 84.7 Å². The van der Waals surface area contributed by atoms with Gasteiger partial charge in [-0.3, -0.25) is 4.79 Å². The highest BCUT2D eigenvalue weighted by molar-refractivity contribution is 5.95. The predicted molar refractivity (Wildman–Crippen MR) is 100 cm³/mol. The van der Waals surface area contributed by atoms with E-state index in [4.69, 9.17) is 0 Å². The maximum Gasteiger partial charge on any atom is 0.254 e. The summed E-state index contributed by atoms with van der Waals surface area (Å²) in [6.07, 6.45) is 3.98. The second-order valence-corrected chi connectivity index (χ2v) is 6.26. The lowest BCUT2D eigenvalue weighted by molar-refractivity contribution is 0.0747. The van der Waals surface area contributed by atoms with Gasteiger partial charge in [-0.15, -0.1) is 0 Å². The molecule has 4 heteroatoms. The first-order valence-electron chi connectivity index (χ1n) is 8.64. The first-order chi connectivity index (χ1) is 12.3. The van der Waals surface area contributed by atoms with E-state index in [1.807, 2.05) is 64.3 Å². The van der Waals surface area contributed by atoms with Crippen LogP contribution in [0.15, 0.2) is 79.1 Å². The molecule has 126 valence electrons. The number of nitrogens with zero attached hydrogens (tertiary/aromatic N) is 3. The number of piperazine rings is 1. The van der Waals surface area contributed by atoms with Gasteiger partial charge in [-0.1, -0.05) is 24.3 Å². The number of carbonyl (C=O) groups is 1. The minimum Gasteiger partial charge on any atom is -0.368 e. The number of rotatable bonds is 3. The van der Waals surface area contributed by atoms with Crippen LogP contribution in [0.5, 0.6) is 0 Å². The molecule has 1 aliphatic rings. The largest absolute Gasteiger partial charge is 0.368 e. The zero-order chi connectivity index (χ0) is 17.1. The molecule has 4 nitrogen and oxygen atoms in total. The number of benzene rings is 2. The average molecular weight is 331 g/mol. The van der Waals surface area contributed by atoms with Gasteiger partial charge in [0.1, 0.15) is 0 Å². The molecule has 1 aromatic heterocycles. The van der Waals surface area contributed by atoms with E-state index in [1.54, 1.807) is 0 Å². The Labute approximate surface area is 147 Å². The van der Waals surface area contributed by atoms with Crippen molar-refractivity contribution >= 4 is 11.6 Å². The monoisotopic (exact) mass is 331 g/mol. The fraction of sp³-hybridized carbons (Fsp3) is 0.190. The molecule has 0 aliphatic carbocycles. The van der Waals surface area contributed by atoms with Gasteiger partial charge < -0.3 is 14.4 Å². The molecule has 3 aromatic rings. The van der Waals surface area contributed by atoms with Gasteiger partial charge in [0.2, 0.25) is 0 Å². The van der Waals surface area contributed by atoms with Crippen molar-refractivity contribution in [2.75, 3.05) is 31.1 Å². The SMILES string of the molecule is O=C(c1cccc(-n2cccc2)c1)N1CCN(c2ccccc2)CC1. The van der Waals surface area contributed by atoms with Crippen LogP contribution in [0.3, 0.4) is 0 Å². The Kier molecular flexibility index (Phi) is 4.25. The summed E-state index contributed by atoms with van der Waals surface area (Å²) >= 11 is 0. The summed E-state index contributed by atoms with van der Waals surface area (Å²) in [5, 5.41) is 0. The van der Waals surface area contributed by atoms with Crippen molar-refractivity contribution in [1.82, 2.24) is 9.47 Å². The van der Waals surface area contributed by atoms with Crippen LogP contribution in [-0.4, -0.2) is 41.6 Å². The molecule has 0 spiro atoms. The van der Waals surface area contributed by atoms with Crippen molar-refractivity contribution in [2.45, 2.75) is 0 Å². The first kappa shape index (κ1) is 15.5. The standard InChI is InChI=1S/C21H21N3O/c25-21(18-7-6-10-20(17-18)22-11-4-5-12-22)24-15-13-23(14-16-24)19-8-2-1-3-9-19/h1-12,17H,13-16H2. The van der Waals surface area contributed by atoms with Crippen molar-refractivity contribution in [3.63, 3.8) is 0 Å². The molecule has 0 unspecified atom stereocenters. The second-order valence-electron chi connectivity index (χ2n) is 6.26. The number of hydrogen-bond acceptors (Lipinski definition) is 2. The second kappa shape index (κ2) is 6.85. The predicted octanol–water partition coefficient (Wildman–Crippen LogP) is 3.44. The van der Waals surface area contributed by atoms with Gasteiger partial charge in [-0.25, -0.2) is 0 Å². The van der Waals surface area contributed by atoms with Crippen LogP contribution in [-0.2, 0) is 0 Å². The highest BCUT2D eigenvalue weighted by Crippen LogP contribution is 2.18. The molecule has 0 saturated carbocycles. The molecule has 2 heterocycles. The number of para-hydroxylation sites is 1. The van der Waals surface area contributed by atoms with Crippen molar-refractivity contribution in [1.29, 1.82) is 0 Å². The molecule has 0 radical (unpaired) electrons. The van der Waals surface area contributed by atoms with E-state index in [-0.39, 0.29) is 5.91 Å². The molecule has 0 atom stereocenters. The highest BCUT2D eigenvalue weighted by Gasteiger charge is 2.22. The number of carbonyl (C=O) groups excluding carboxylic acids is 1. The molecule has 4 rings (SSSR count). The normalized spacial score (nSPS) is 14.6. The van der Waals surface area contributed by atoms with Gasteiger partial charge >= 0.3 is 0 Å². The van der Waals surface area contributed by atoms with E-state index in [9.17, 15) is 4.79 Å². The Hall–Kier alpha value is -3.01. The van der Waals surface area contributed by atoms with Crippen LogP contribution in [0.2, 0.25) is 0 Å². The van der Waals surface area contributed by atoms with Crippen LogP contribution in [0, 0.1) is 0 Å². The molecule has 0 bridgehead atoms. The van der Waals surface area contributed by atoms with Crippen molar-refractivity contribution in [2.24, 2.45) is 0 Å². The molecule has 1 aliphatic heterocycles. The third-order valence-electron chi connectivity index (χ3n) is 4.68. The zero-order valence-electron chi connectivity index (χ0n) is 14.1. The molecule has 1 amide bonds. The smallest absolute Gasteiger partial charge is 0.254 e. The number of hydrogen-bond donors (Lipinski definition) is 0. The average Bonchev–Trinajstić information content (AvgIpc) is 3.23. The van der Waals surface area contributed by atoms with E-state index >= 15 is 0 Å². The molecule has 2 aromatic carbocycles. The summed E-state index contributed by atoms with van der Waals surface area (Å²) in [7, 11) is 0. The van der Waals surface area contributed by atoms with Gasteiger partial charge in [0.25, 0.3) is 5.91 Å². The van der Waals surface area contributed by atoms with Gasteiger partial charge in [-0.2, -0.15) is 0 Å². The first-order valence-corrected chi connectivity index (χ1v) is 8.64. The maximum absolute atomic E-state index is 12.9. The van der Waals surface area contributed by atoms with Gasteiger partial charge in [0.05, 0.1) is 0 Å². The molecule has 1 fully saturated rings.